The summed E-state index contributed by atoms with van der Waals surface area (Å²) in [5.41, 5.74) is 9.48. The maximum absolute atomic E-state index is 14.5. The van der Waals surface area contributed by atoms with Crippen molar-refractivity contribution in [3.05, 3.63) is 65.2 Å². The predicted molar refractivity (Wildman–Crippen MR) is 179 cm³/mol. The van der Waals surface area contributed by atoms with E-state index in [0.717, 1.165) is 22.4 Å². The zero-order valence-electron chi connectivity index (χ0n) is 27.6. The Bertz CT molecular complexity index is 1430. The number of nitrogens with one attached hydrogen (secondary N) is 1. The van der Waals surface area contributed by atoms with Gasteiger partial charge >= 0.3 is 0 Å². The third-order valence-electron chi connectivity index (χ3n) is 9.13. The molecule has 0 bridgehead atoms. The van der Waals surface area contributed by atoms with E-state index >= 15 is 0 Å². The first-order valence-corrected chi connectivity index (χ1v) is 17.6. The summed E-state index contributed by atoms with van der Waals surface area (Å²) in [5.74, 6) is 7.15. The van der Waals surface area contributed by atoms with Gasteiger partial charge in [-0.3, -0.25) is 14.7 Å². The van der Waals surface area contributed by atoms with Crippen molar-refractivity contribution in [1.82, 2.24) is 10.1 Å². The Labute approximate surface area is 258 Å². The van der Waals surface area contributed by atoms with E-state index in [1.54, 1.807) is 18.7 Å². The molecule has 0 aliphatic carbocycles. The number of nitrogens with two attached hydrogens (primary N) is 2. The van der Waals surface area contributed by atoms with Gasteiger partial charge in [0.1, 0.15) is 13.1 Å². The number of rotatable bonds is 12. The molecule has 5 N–H and O–H groups in total. The highest BCUT2D eigenvalue weighted by atomic mass is 31.2. The number of hydrogen-bond donors (Lipinski definition) is 3. The first-order chi connectivity index (χ1) is 19.9. The topological polar surface area (TPSA) is 122 Å². The average Bonchev–Trinajstić information content (AvgIpc) is 2.97. The van der Waals surface area contributed by atoms with Crippen LogP contribution in [0.5, 0.6) is 0 Å². The second kappa shape index (κ2) is 13.0. The van der Waals surface area contributed by atoms with Crippen molar-refractivity contribution in [2.75, 3.05) is 24.8 Å². The normalized spacial score (nSPS) is 17.3. The summed E-state index contributed by atoms with van der Waals surface area (Å²) in [5, 5.41) is 4.63. The van der Waals surface area contributed by atoms with Gasteiger partial charge in [0.05, 0.1) is 29.2 Å². The molecule has 0 saturated heterocycles. The number of carbonyl (C=O) groups excluding carboxylic acids is 2. The fraction of sp³-hybridized carbons (Fsp3) is 0.529. The van der Waals surface area contributed by atoms with Crippen LogP contribution in [0.1, 0.15) is 90.8 Å². The first kappa shape index (κ1) is 34.6. The first-order valence-electron chi connectivity index (χ1n) is 15.2. The van der Waals surface area contributed by atoms with Gasteiger partial charge in [0.15, 0.2) is 0 Å². The van der Waals surface area contributed by atoms with E-state index in [-0.39, 0.29) is 11.7 Å². The maximum Gasteiger partial charge on any atom is 0.232 e. The van der Waals surface area contributed by atoms with Crippen LogP contribution >= 0.6 is 7.29 Å². The Morgan fingerprint density at radius 1 is 0.930 bits per heavy atom. The number of nitrogens with zero attached hydrogens (tertiary/aromatic N) is 2. The van der Waals surface area contributed by atoms with Gasteiger partial charge in [0.2, 0.25) is 5.91 Å². The average molecular weight is 610 g/mol. The molecular weight excluding hydrogens is 557 g/mol. The van der Waals surface area contributed by atoms with Gasteiger partial charge in [0.25, 0.3) is 0 Å². The largest absolute Gasteiger partial charge is 0.396 e. The van der Waals surface area contributed by atoms with Gasteiger partial charge < -0.3 is 20.2 Å². The summed E-state index contributed by atoms with van der Waals surface area (Å²) in [4.78, 5) is 29.0. The molecule has 1 heterocycles. The highest BCUT2D eigenvalue weighted by molar-refractivity contribution is 7.61. The Kier molecular flexibility index (Phi) is 10.4. The molecule has 1 aliphatic heterocycles. The van der Waals surface area contributed by atoms with E-state index in [1.807, 2.05) is 102 Å². The van der Waals surface area contributed by atoms with Crippen LogP contribution in [0.25, 0.3) is 11.4 Å². The van der Waals surface area contributed by atoms with Gasteiger partial charge in [-0.1, -0.05) is 77.1 Å². The van der Waals surface area contributed by atoms with Crippen molar-refractivity contribution < 1.29 is 14.2 Å². The van der Waals surface area contributed by atoms with E-state index in [2.05, 4.69) is 5.09 Å². The predicted octanol–water partition coefficient (Wildman–Crippen LogP) is 6.60. The Morgan fingerprint density at radius 2 is 1.49 bits per heavy atom. The third kappa shape index (κ3) is 7.60. The molecule has 0 fully saturated rings. The van der Waals surface area contributed by atoms with Crippen LogP contribution < -0.4 is 21.6 Å². The van der Waals surface area contributed by atoms with E-state index in [1.165, 1.54) is 0 Å². The van der Waals surface area contributed by atoms with Crippen molar-refractivity contribution >= 4 is 36.1 Å². The Morgan fingerprint density at radius 3 is 2.09 bits per heavy atom. The number of para-hydroxylation sites is 1. The molecule has 0 radical (unpaired) electrons. The molecule has 2 aromatic rings. The third-order valence-corrected chi connectivity index (χ3v) is 11.2. The van der Waals surface area contributed by atoms with Gasteiger partial charge in [-0.15, -0.1) is 0 Å². The number of fused-ring (bicyclic) bond motifs is 2. The van der Waals surface area contributed by atoms with Gasteiger partial charge in [0, 0.05) is 41.2 Å². The quantitative estimate of drug-likeness (QED) is 0.141. The molecule has 43 heavy (non-hydrogen) atoms. The summed E-state index contributed by atoms with van der Waals surface area (Å²) < 4.78 is 12.9. The van der Waals surface area contributed by atoms with E-state index in [0.29, 0.717) is 49.8 Å². The lowest BCUT2D eigenvalue weighted by Gasteiger charge is -2.42. The molecule has 8 nitrogen and oxygen atoms in total. The number of amides is 1. The number of benzene rings is 2. The summed E-state index contributed by atoms with van der Waals surface area (Å²) in [6, 6.07) is 15.6. The van der Waals surface area contributed by atoms with E-state index in [9.17, 15) is 14.2 Å². The minimum Gasteiger partial charge on any atom is -0.396 e. The monoisotopic (exact) mass is 609 g/mol. The van der Waals surface area contributed by atoms with Crippen molar-refractivity contribution in [3.63, 3.8) is 0 Å². The molecule has 3 rings (SSSR count). The SMILES string of the molecule is CCC(=O)C(C)(C)CCC(C)(C)C(=O)N1Cc2ccccc2/C(N)=C(/N(N)C(C)(C)CCP(C)(=O)NC)c2ccccc21. The summed E-state index contributed by atoms with van der Waals surface area (Å²) in [6.07, 6.45) is 2.67. The van der Waals surface area contributed by atoms with Crippen molar-refractivity contribution in [3.8, 4) is 0 Å². The molecular formula is C34H52N5O3P. The van der Waals surface area contributed by atoms with Crippen molar-refractivity contribution in [2.24, 2.45) is 22.4 Å². The number of Topliss-reactive ketones (excluding diaryl/α,β-unsaturated/α-hetero) is 1. The molecule has 0 spiro atoms. The minimum atomic E-state index is -2.52. The van der Waals surface area contributed by atoms with Crippen molar-refractivity contribution in [2.45, 2.75) is 86.2 Å². The number of hydrazine groups is 1. The fourth-order valence-electron chi connectivity index (χ4n) is 5.54. The lowest BCUT2D eigenvalue weighted by molar-refractivity contribution is -0.130. The van der Waals surface area contributed by atoms with Crippen LogP contribution in [0.3, 0.4) is 0 Å². The standard InChI is InChI=1S/C34H52N5O3P/c1-10-28(40)32(2,3)19-20-33(4,5)31(41)38-23-24-15-11-12-16-25(24)29(35)30(26-17-13-14-18-27(26)38)39(36)34(6,7)21-22-43(9,42)37-8/h11-18H,10,19-23,35-36H2,1-9H3,(H,37,42)/b30-29-. The maximum atomic E-state index is 14.5. The molecule has 1 atom stereocenters. The zero-order valence-corrected chi connectivity index (χ0v) is 28.5. The van der Waals surface area contributed by atoms with Crippen LogP contribution in [0.4, 0.5) is 5.69 Å². The highest BCUT2D eigenvalue weighted by Gasteiger charge is 2.39. The van der Waals surface area contributed by atoms with Crippen LogP contribution in [-0.4, -0.2) is 42.1 Å². The molecule has 9 heteroatoms. The zero-order chi connectivity index (χ0) is 32.4. The van der Waals surface area contributed by atoms with Crippen LogP contribution in [0.15, 0.2) is 48.5 Å². The molecule has 0 saturated carbocycles. The number of carbonyl (C=O) groups is 2. The lowest BCUT2D eigenvalue weighted by Crippen LogP contribution is -2.49. The Hall–Kier alpha value is -2.93. The second-order valence-corrected chi connectivity index (χ2v) is 16.9. The number of ketones is 1. The molecule has 236 valence electrons. The summed E-state index contributed by atoms with van der Waals surface area (Å²) in [6.45, 7) is 15.9. The van der Waals surface area contributed by atoms with Gasteiger partial charge in [-0.2, -0.15) is 0 Å². The van der Waals surface area contributed by atoms with E-state index < -0.39 is 23.7 Å². The summed E-state index contributed by atoms with van der Waals surface area (Å²) >= 11 is 0. The number of anilines is 1. The highest BCUT2D eigenvalue weighted by Crippen LogP contribution is 2.44. The molecule has 2 aromatic carbocycles. The molecule has 1 unspecified atom stereocenters. The van der Waals surface area contributed by atoms with Crippen LogP contribution in [0.2, 0.25) is 0 Å². The lowest BCUT2D eigenvalue weighted by atomic mass is 9.75. The van der Waals surface area contributed by atoms with Crippen LogP contribution in [-0.2, 0) is 20.7 Å². The minimum absolute atomic E-state index is 0.0295. The molecule has 1 amide bonds. The molecule has 0 aromatic heterocycles. The summed E-state index contributed by atoms with van der Waals surface area (Å²) in [7, 11) is -0.808. The van der Waals surface area contributed by atoms with Gasteiger partial charge in [-0.25, -0.2) is 5.84 Å². The van der Waals surface area contributed by atoms with Crippen molar-refractivity contribution in [1.29, 1.82) is 0 Å². The molecule has 1 aliphatic rings. The van der Waals surface area contributed by atoms with Crippen LogP contribution in [0, 0.1) is 10.8 Å². The number of hydrogen-bond acceptors (Lipinski definition) is 6. The van der Waals surface area contributed by atoms with E-state index in [4.69, 9.17) is 11.6 Å². The second-order valence-electron chi connectivity index (χ2n) is 13.9. The van der Waals surface area contributed by atoms with Gasteiger partial charge in [-0.05, 0) is 51.8 Å². The Balaban J connectivity index is 2.15. The smallest absolute Gasteiger partial charge is 0.232 e. The fourth-order valence-corrected chi connectivity index (χ4v) is 6.73.